The average Bonchev–Trinajstić information content (AvgIpc) is 2.40. The Morgan fingerprint density at radius 1 is 0.609 bits per heavy atom. The lowest BCUT2D eigenvalue weighted by molar-refractivity contribution is 0.465. The summed E-state index contributed by atoms with van der Waals surface area (Å²) >= 11 is 0. The van der Waals surface area contributed by atoms with Crippen molar-refractivity contribution in [3.63, 3.8) is 0 Å². The van der Waals surface area contributed by atoms with Gasteiger partial charge in [-0.25, -0.2) is 0 Å². The lowest BCUT2D eigenvalue weighted by Gasteiger charge is -2.25. The molecule has 2 rings (SSSR count). The number of rotatable bonds is 0. The molecule has 0 bridgehead atoms. The van der Waals surface area contributed by atoms with Crippen LogP contribution in [0.5, 0.6) is 11.5 Å². The molecule has 126 valence electrons. The van der Waals surface area contributed by atoms with Gasteiger partial charge in [0.2, 0.25) is 0 Å². The number of benzene rings is 2. The molecule has 0 aliphatic heterocycles. The zero-order valence-electron chi connectivity index (χ0n) is 15.4. The van der Waals surface area contributed by atoms with Crippen molar-refractivity contribution in [2.75, 3.05) is 0 Å². The van der Waals surface area contributed by atoms with E-state index < -0.39 is 0 Å². The summed E-state index contributed by atoms with van der Waals surface area (Å²) in [5.74, 6) is 0.697. The molecule has 23 heavy (non-hydrogen) atoms. The number of hydrogen-bond donors (Lipinski definition) is 2. The predicted octanol–water partition coefficient (Wildman–Crippen LogP) is 5.69. The largest absolute Gasteiger partial charge is 0.508 e. The summed E-state index contributed by atoms with van der Waals surface area (Å²) in [6.07, 6.45) is 0. The van der Waals surface area contributed by atoms with E-state index in [0.29, 0.717) is 11.5 Å². The molecule has 0 atom stereocenters. The van der Waals surface area contributed by atoms with Crippen LogP contribution in [0.25, 0.3) is 0 Å². The Kier molecular flexibility index (Phi) is 5.87. The minimum absolute atomic E-state index is 0.0821. The third kappa shape index (κ3) is 6.35. The van der Waals surface area contributed by atoms with Crippen molar-refractivity contribution >= 4 is 0 Å². The fourth-order valence-electron chi connectivity index (χ4n) is 2.02. The molecule has 0 aliphatic rings. The summed E-state index contributed by atoms with van der Waals surface area (Å²) in [6, 6.07) is 13.0. The van der Waals surface area contributed by atoms with E-state index in [1.54, 1.807) is 12.1 Å². The summed E-state index contributed by atoms with van der Waals surface area (Å²) in [5.41, 5.74) is 3.71. The Morgan fingerprint density at radius 2 is 1.00 bits per heavy atom. The molecule has 2 nitrogen and oxygen atoms in total. The smallest absolute Gasteiger partial charge is 0.116 e. The molecular formula is C21H30O2. The van der Waals surface area contributed by atoms with Gasteiger partial charge in [0.25, 0.3) is 0 Å². The van der Waals surface area contributed by atoms with E-state index in [1.165, 1.54) is 16.7 Å². The van der Waals surface area contributed by atoms with Crippen molar-refractivity contribution in [2.24, 2.45) is 0 Å². The van der Waals surface area contributed by atoms with Crippen LogP contribution < -0.4 is 0 Å². The summed E-state index contributed by atoms with van der Waals surface area (Å²) in [4.78, 5) is 0. The van der Waals surface area contributed by atoms with E-state index in [2.05, 4.69) is 47.6 Å². The van der Waals surface area contributed by atoms with E-state index in [0.717, 1.165) is 0 Å². The van der Waals surface area contributed by atoms with Gasteiger partial charge in [0.15, 0.2) is 0 Å². The normalized spacial score (nSPS) is 11.6. The van der Waals surface area contributed by atoms with Gasteiger partial charge < -0.3 is 10.2 Å². The van der Waals surface area contributed by atoms with Crippen LogP contribution in [0.4, 0.5) is 0 Å². The van der Waals surface area contributed by atoms with Crippen LogP contribution in [0, 0.1) is 6.92 Å². The minimum atomic E-state index is 0.0821. The van der Waals surface area contributed by atoms with Crippen LogP contribution in [0.1, 0.15) is 58.2 Å². The van der Waals surface area contributed by atoms with Gasteiger partial charge in [-0.15, -0.1) is 0 Å². The molecule has 2 aromatic rings. The standard InChI is InChI=1S/C14H22O.C7H8O/c1-13(2,3)10-7-11(14(4,5)6)9-12(15)8-10;1-6-2-4-7(8)5-3-6/h7-9,15H,1-6H3;2-5,8H,1H3. The molecule has 0 unspecified atom stereocenters. The van der Waals surface area contributed by atoms with Crippen LogP contribution in [0.15, 0.2) is 42.5 Å². The number of aryl methyl sites for hydroxylation is 1. The first kappa shape index (κ1) is 19.1. The molecule has 0 aromatic heterocycles. The molecule has 0 heterocycles. The topological polar surface area (TPSA) is 40.5 Å². The van der Waals surface area contributed by atoms with Crippen LogP contribution in [-0.4, -0.2) is 10.2 Å². The molecule has 0 saturated carbocycles. The maximum atomic E-state index is 9.72. The molecule has 0 radical (unpaired) electrons. The van der Waals surface area contributed by atoms with E-state index in [1.807, 2.05) is 31.2 Å². The lowest BCUT2D eigenvalue weighted by atomic mass is 9.80. The highest BCUT2D eigenvalue weighted by Gasteiger charge is 2.20. The molecule has 0 spiro atoms. The molecular weight excluding hydrogens is 284 g/mol. The molecule has 0 amide bonds. The fraction of sp³-hybridized carbons (Fsp3) is 0.429. The third-order valence-electron chi connectivity index (χ3n) is 3.68. The average molecular weight is 314 g/mol. The van der Waals surface area contributed by atoms with Gasteiger partial charge in [0, 0.05) is 0 Å². The zero-order valence-corrected chi connectivity index (χ0v) is 15.4. The Labute approximate surface area is 140 Å². The minimum Gasteiger partial charge on any atom is -0.508 e. The predicted molar refractivity (Wildman–Crippen MR) is 98.4 cm³/mol. The van der Waals surface area contributed by atoms with Crippen molar-refractivity contribution < 1.29 is 10.2 Å². The number of hydrogen-bond acceptors (Lipinski definition) is 2. The van der Waals surface area contributed by atoms with Crippen molar-refractivity contribution in [3.8, 4) is 11.5 Å². The second kappa shape index (κ2) is 7.08. The Hall–Kier alpha value is -1.96. The van der Waals surface area contributed by atoms with Gasteiger partial charge in [-0.05, 0) is 53.1 Å². The number of aromatic hydroxyl groups is 2. The molecule has 2 heteroatoms. The second-order valence-corrected chi connectivity index (χ2v) is 8.10. The molecule has 0 fully saturated rings. The highest BCUT2D eigenvalue weighted by molar-refractivity contribution is 5.39. The first-order chi connectivity index (χ1) is 10.4. The van der Waals surface area contributed by atoms with Gasteiger partial charge in [0.05, 0.1) is 0 Å². The Balaban J connectivity index is 0.000000277. The van der Waals surface area contributed by atoms with Crippen molar-refractivity contribution in [1.82, 2.24) is 0 Å². The van der Waals surface area contributed by atoms with Crippen molar-refractivity contribution in [3.05, 3.63) is 59.2 Å². The number of phenolic OH excluding ortho intramolecular Hbond substituents is 2. The molecule has 0 saturated heterocycles. The SMILES string of the molecule is CC(C)(C)c1cc(O)cc(C(C)(C)C)c1.Cc1ccc(O)cc1. The third-order valence-corrected chi connectivity index (χ3v) is 3.68. The van der Waals surface area contributed by atoms with Crippen LogP contribution in [0.2, 0.25) is 0 Å². The highest BCUT2D eigenvalue weighted by atomic mass is 16.3. The monoisotopic (exact) mass is 314 g/mol. The lowest BCUT2D eigenvalue weighted by Crippen LogP contribution is -2.15. The summed E-state index contributed by atoms with van der Waals surface area (Å²) in [7, 11) is 0. The van der Waals surface area contributed by atoms with E-state index in [-0.39, 0.29) is 10.8 Å². The zero-order chi connectivity index (χ0) is 17.8. The van der Waals surface area contributed by atoms with Crippen LogP contribution >= 0.6 is 0 Å². The van der Waals surface area contributed by atoms with Gasteiger partial charge in [-0.2, -0.15) is 0 Å². The Morgan fingerprint density at radius 3 is 1.30 bits per heavy atom. The summed E-state index contributed by atoms with van der Waals surface area (Å²) < 4.78 is 0. The first-order valence-corrected chi connectivity index (χ1v) is 8.00. The quantitative estimate of drug-likeness (QED) is 0.656. The number of phenols is 2. The van der Waals surface area contributed by atoms with Gasteiger partial charge in [-0.1, -0.05) is 65.3 Å². The van der Waals surface area contributed by atoms with Gasteiger partial charge in [0.1, 0.15) is 11.5 Å². The maximum Gasteiger partial charge on any atom is 0.116 e. The van der Waals surface area contributed by atoms with Crippen molar-refractivity contribution in [1.29, 1.82) is 0 Å². The van der Waals surface area contributed by atoms with E-state index in [9.17, 15) is 5.11 Å². The van der Waals surface area contributed by atoms with Gasteiger partial charge >= 0.3 is 0 Å². The maximum absolute atomic E-state index is 9.72. The van der Waals surface area contributed by atoms with E-state index >= 15 is 0 Å². The molecule has 2 aromatic carbocycles. The van der Waals surface area contributed by atoms with Crippen molar-refractivity contribution in [2.45, 2.75) is 59.3 Å². The Bertz CT molecular complexity index is 573. The molecule has 2 N–H and O–H groups in total. The summed E-state index contributed by atoms with van der Waals surface area (Å²) in [6.45, 7) is 15.0. The van der Waals surface area contributed by atoms with Crippen LogP contribution in [-0.2, 0) is 10.8 Å². The summed E-state index contributed by atoms with van der Waals surface area (Å²) in [5, 5.41) is 18.5. The van der Waals surface area contributed by atoms with E-state index in [4.69, 9.17) is 5.11 Å². The fourth-order valence-corrected chi connectivity index (χ4v) is 2.02. The highest BCUT2D eigenvalue weighted by Crippen LogP contribution is 2.32. The second-order valence-electron chi connectivity index (χ2n) is 8.10. The molecule has 0 aliphatic carbocycles. The van der Waals surface area contributed by atoms with Gasteiger partial charge in [-0.3, -0.25) is 0 Å². The van der Waals surface area contributed by atoms with Crippen LogP contribution in [0.3, 0.4) is 0 Å². The first-order valence-electron chi connectivity index (χ1n) is 8.00.